The molecule has 1 saturated carbocycles. The summed E-state index contributed by atoms with van der Waals surface area (Å²) < 4.78 is 12.7. The molecule has 1 aromatic carbocycles. The van der Waals surface area contributed by atoms with Crippen LogP contribution in [0.15, 0.2) is 24.3 Å². The molecule has 18 heavy (non-hydrogen) atoms. The normalized spacial score (nSPS) is 16.1. The molecule has 0 radical (unpaired) electrons. The zero-order valence-electron chi connectivity index (χ0n) is 10.0. The number of hydrogen-bond donors (Lipinski definition) is 3. The van der Waals surface area contributed by atoms with Crippen molar-refractivity contribution in [3.8, 4) is 0 Å². The van der Waals surface area contributed by atoms with E-state index in [2.05, 4.69) is 10.6 Å². The molecule has 0 bridgehead atoms. The van der Waals surface area contributed by atoms with Gasteiger partial charge in [0.1, 0.15) is 5.82 Å². The number of aliphatic hydroxyl groups excluding tert-OH is 1. The first-order valence-electron chi connectivity index (χ1n) is 6.13. The van der Waals surface area contributed by atoms with Gasteiger partial charge in [-0.1, -0.05) is 0 Å². The Morgan fingerprint density at radius 3 is 2.61 bits per heavy atom. The molecule has 2 amide bonds. The van der Waals surface area contributed by atoms with Crippen molar-refractivity contribution in [2.45, 2.75) is 25.3 Å². The average Bonchev–Trinajstić information content (AvgIpc) is 3.16. The number of halogens is 1. The van der Waals surface area contributed by atoms with E-state index < -0.39 is 0 Å². The highest BCUT2D eigenvalue weighted by molar-refractivity contribution is 5.89. The van der Waals surface area contributed by atoms with Gasteiger partial charge < -0.3 is 15.7 Å². The van der Waals surface area contributed by atoms with Gasteiger partial charge in [0.25, 0.3) is 0 Å². The summed E-state index contributed by atoms with van der Waals surface area (Å²) in [6, 6.07) is 5.31. The maximum atomic E-state index is 12.7. The molecule has 0 heterocycles. The molecule has 0 spiro atoms. The minimum Gasteiger partial charge on any atom is -0.396 e. The Labute approximate surface area is 105 Å². The predicted octanol–water partition coefficient (Wildman–Crippen LogP) is 2.11. The first-order valence-corrected chi connectivity index (χ1v) is 6.13. The number of rotatable bonds is 5. The molecule has 1 fully saturated rings. The highest BCUT2D eigenvalue weighted by Gasteiger charge is 2.31. The molecule has 98 valence electrons. The van der Waals surface area contributed by atoms with Crippen LogP contribution in [0, 0.1) is 11.7 Å². The lowest BCUT2D eigenvalue weighted by atomic mass is 10.1. The Kier molecular flexibility index (Phi) is 4.15. The Morgan fingerprint density at radius 1 is 1.39 bits per heavy atom. The topological polar surface area (TPSA) is 61.4 Å². The van der Waals surface area contributed by atoms with E-state index in [0.29, 0.717) is 18.0 Å². The summed E-state index contributed by atoms with van der Waals surface area (Å²) in [5, 5.41) is 14.4. The first-order chi connectivity index (χ1) is 8.69. The van der Waals surface area contributed by atoms with Crippen LogP contribution in [0.25, 0.3) is 0 Å². The van der Waals surface area contributed by atoms with Crippen molar-refractivity contribution in [1.82, 2.24) is 5.32 Å². The Balaban J connectivity index is 1.85. The van der Waals surface area contributed by atoms with E-state index in [1.807, 2.05) is 0 Å². The van der Waals surface area contributed by atoms with Gasteiger partial charge in [-0.2, -0.15) is 0 Å². The summed E-state index contributed by atoms with van der Waals surface area (Å²) in [6.45, 7) is 0.0675. The van der Waals surface area contributed by atoms with Crippen LogP contribution in [-0.2, 0) is 0 Å². The van der Waals surface area contributed by atoms with E-state index in [1.165, 1.54) is 24.3 Å². The minimum atomic E-state index is -0.336. The smallest absolute Gasteiger partial charge is 0.319 e. The maximum absolute atomic E-state index is 12.7. The summed E-state index contributed by atoms with van der Waals surface area (Å²) in [5.74, 6) is 0.146. The number of carbonyl (C=O) groups excluding carboxylic acids is 1. The quantitative estimate of drug-likeness (QED) is 0.751. The molecule has 1 aliphatic carbocycles. The van der Waals surface area contributed by atoms with E-state index in [9.17, 15) is 9.18 Å². The number of anilines is 1. The summed E-state index contributed by atoms with van der Waals surface area (Å²) >= 11 is 0. The third-order valence-electron chi connectivity index (χ3n) is 3.05. The molecule has 1 atom stereocenters. The third kappa shape index (κ3) is 3.70. The number of benzene rings is 1. The lowest BCUT2D eigenvalue weighted by molar-refractivity contribution is 0.234. The number of urea groups is 1. The zero-order chi connectivity index (χ0) is 13.0. The van der Waals surface area contributed by atoms with Gasteiger partial charge in [-0.3, -0.25) is 0 Å². The SMILES string of the molecule is O=C(Nc1ccc(F)cc1)NC(CCO)C1CC1. The molecule has 0 aliphatic heterocycles. The molecule has 3 N–H and O–H groups in total. The van der Waals surface area contributed by atoms with E-state index in [0.717, 1.165) is 12.8 Å². The molecule has 5 heteroatoms. The third-order valence-corrected chi connectivity index (χ3v) is 3.05. The summed E-state index contributed by atoms with van der Waals surface area (Å²) in [4.78, 5) is 11.7. The van der Waals surface area contributed by atoms with Gasteiger partial charge in [-0.15, -0.1) is 0 Å². The summed E-state index contributed by atoms with van der Waals surface area (Å²) in [6.07, 6.45) is 2.77. The zero-order valence-corrected chi connectivity index (χ0v) is 10.0. The van der Waals surface area contributed by atoms with E-state index in [1.54, 1.807) is 0 Å². The van der Waals surface area contributed by atoms with Crippen LogP contribution in [0.1, 0.15) is 19.3 Å². The minimum absolute atomic E-state index is 0.0236. The van der Waals surface area contributed by atoms with Crippen LogP contribution in [-0.4, -0.2) is 23.8 Å². The molecule has 4 nitrogen and oxygen atoms in total. The van der Waals surface area contributed by atoms with Crippen molar-refractivity contribution in [1.29, 1.82) is 0 Å². The van der Waals surface area contributed by atoms with Gasteiger partial charge >= 0.3 is 6.03 Å². The summed E-state index contributed by atoms with van der Waals surface area (Å²) in [5.41, 5.74) is 0.549. The van der Waals surface area contributed by atoms with Crippen LogP contribution >= 0.6 is 0 Å². The largest absolute Gasteiger partial charge is 0.396 e. The molecule has 0 aromatic heterocycles. The van der Waals surface area contributed by atoms with Crippen molar-refractivity contribution in [2.24, 2.45) is 5.92 Å². The van der Waals surface area contributed by atoms with Crippen molar-refractivity contribution < 1.29 is 14.3 Å². The Hall–Kier alpha value is -1.62. The molecule has 1 aliphatic rings. The second kappa shape index (κ2) is 5.82. The van der Waals surface area contributed by atoms with E-state index in [-0.39, 0.29) is 24.5 Å². The second-order valence-electron chi connectivity index (χ2n) is 4.56. The highest BCUT2D eigenvalue weighted by Crippen LogP contribution is 2.33. The lowest BCUT2D eigenvalue weighted by Gasteiger charge is -2.17. The lowest BCUT2D eigenvalue weighted by Crippen LogP contribution is -2.39. The number of nitrogens with one attached hydrogen (secondary N) is 2. The van der Waals surface area contributed by atoms with E-state index in [4.69, 9.17) is 5.11 Å². The fraction of sp³-hybridized carbons (Fsp3) is 0.462. The fourth-order valence-corrected chi connectivity index (χ4v) is 1.93. The number of aliphatic hydroxyl groups is 1. The van der Waals surface area contributed by atoms with Crippen LogP contribution in [0.3, 0.4) is 0 Å². The molecule has 0 saturated heterocycles. The van der Waals surface area contributed by atoms with Gasteiger partial charge in [-0.25, -0.2) is 9.18 Å². The Morgan fingerprint density at radius 2 is 2.06 bits per heavy atom. The van der Waals surface area contributed by atoms with Crippen LogP contribution in [0.5, 0.6) is 0 Å². The van der Waals surface area contributed by atoms with Gasteiger partial charge in [0.05, 0.1) is 0 Å². The number of hydrogen-bond acceptors (Lipinski definition) is 2. The van der Waals surface area contributed by atoms with Gasteiger partial charge in [-0.05, 0) is 49.4 Å². The van der Waals surface area contributed by atoms with Crippen molar-refractivity contribution in [3.05, 3.63) is 30.1 Å². The number of carbonyl (C=O) groups is 1. The highest BCUT2D eigenvalue weighted by atomic mass is 19.1. The average molecular weight is 252 g/mol. The molecule has 2 rings (SSSR count). The van der Waals surface area contributed by atoms with Crippen LogP contribution in [0.2, 0.25) is 0 Å². The predicted molar refractivity (Wildman–Crippen MR) is 66.8 cm³/mol. The van der Waals surface area contributed by atoms with Gasteiger partial charge in [0, 0.05) is 18.3 Å². The van der Waals surface area contributed by atoms with E-state index >= 15 is 0 Å². The molecule has 1 aromatic rings. The van der Waals surface area contributed by atoms with Crippen molar-refractivity contribution in [2.75, 3.05) is 11.9 Å². The Bertz CT molecular complexity index is 404. The first kappa shape index (κ1) is 12.8. The van der Waals surface area contributed by atoms with Crippen molar-refractivity contribution >= 4 is 11.7 Å². The van der Waals surface area contributed by atoms with Crippen LogP contribution < -0.4 is 10.6 Å². The van der Waals surface area contributed by atoms with Gasteiger partial charge in [0.2, 0.25) is 0 Å². The molecule has 1 unspecified atom stereocenters. The number of amides is 2. The van der Waals surface area contributed by atoms with Crippen molar-refractivity contribution in [3.63, 3.8) is 0 Å². The van der Waals surface area contributed by atoms with Gasteiger partial charge in [0.15, 0.2) is 0 Å². The fourth-order valence-electron chi connectivity index (χ4n) is 1.93. The summed E-state index contributed by atoms with van der Waals surface area (Å²) in [7, 11) is 0. The molecular formula is C13H17FN2O2. The maximum Gasteiger partial charge on any atom is 0.319 e. The monoisotopic (exact) mass is 252 g/mol. The molecular weight excluding hydrogens is 235 g/mol. The second-order valence-corrected chi connectivity index (χ2v) is 4.56. The van der Waals surface area contributed by atoms with Crippen LogP contribution in [0.4, 0.5) is 14.9 Å². The standard InChI is InChI=1S/C13H17FN2O2/c14-10-3-5-11(6-4-10)15-13(18)16-12(7-8-17)9-1-2-9/h3-6,9,12,17H,1-2,7-8H2,(H2,15,16,18).